The number of nitrogens with one attached hydrogen (secondary N) is 1. The van der Waals surface area contributed by atoms with Crippen molar-refractivity contribution in [2.75, 3.05) is 6.54 Å². The van der Waals surface area contributed by atoms with Crippen LogP contribution in [0.3, 0.4) is 0 Å². The summed E-state index contributed by atoms with van der Waals surface area (Å²) in [7, 11) is 0. The zero-order valence-corrected chi connectivity index (χ0v) is 7.87. The molecule has 0 aromatic rings. The zero-order valence-electron chi connectivity index (χ0n) is 7.87. The summed E-state index contributed by atoms with van der Waals surface area (Å²) in [6, 6.07) is -0.483. The number of aliphatic hydroxyl groups excluding tert-OH is 1. The van der Waals surface area contributed by atoms with Crippen LogP contribution in [0.2, 0.25) is 0 Å². The Labute approximate surface area is 73.1 Å². The van der Waals surface area contributed by atoms with Gasteiger partial charge in [0.15, 0.2) is 0 Å². The van der Waals surface area contributed by atoms with Gasteiger partial charge in [-0.1, -0.05) is 13.8 Å². The van der Waals surface area contributed by atoms with Crippen molar-refractivity contribution in [1.29, 1.82) is 0 Å². The van der Waals surface area contributed by atoms with Crippen molar-refractivity contribution < 1.29 is 9.90 Å². The van der Waals surface area contributed by atoms with Gasteiger partial charge in [0.25, 0.3) is 0 Å². The normalized spacial score (nSPS) is 15.8. The molecule has 0 heterocycles. The van der Waals surface area contributed by atoms with E-state index in [1.165, 1.54) is 0 Å². The minimum atomic E-state index is -0.520. The molecule has 0 aromatic heterocycles. The summed E-state index contributed by atoms with van der Waals surface area (Å²) < 4.78 is 0. The SMILES string of the molecule is CC(C)[C@@H](N)C(=O)NC[C@@H](C)O. The summed E-state index contributed by atoms with van der Waals surface area (Å²) in [5.41, 5.74) is 5.55. The van der Waals surface area contributed by atoms with E-state index in [0.717, 1.165) is 0 Å². The molecule has 0 spiro atoms. The zero-order chi connectivity index (χ0) is 9.72. The highest BCUT2D eigenvalue weighted by atomic mass is 16.3. The average Bonchev–Trinajstić information content (AvgIpc) is 1.98. The second kappa shape index (κ2) is 5.11. The highest BCUT2D eigenvalue weighted by Crippen LogP contribution is 1.97. The summed E-state index contributed by atoms with van der Waals surface area (Å²) in [6.45, 7) is 5.64. The lowest BCUT2D eigenvalue weighted by atomic mass is 10.1. The number of carbonyl (C=O) groups excluding carboxylic acids is 1. The second-order valence-corrected chi connectivity index (χ2v) is 3.36. The summed E-state index contributed by atoms with van der Waals surface area (Å²) >= 11 is 0. The summed E-state index contributed by atoms with van der Waals surface area (Å²) in [4.78, 5) is 11.1. The first-order valence-electron chi connectivity index (χ1n) is 4.16. The Kier molecular flexibility index (Phi) is 4.85. The largest absolute Gasteiger partial charge is 0.392 e. The minimum Gasteiger partial charge on any atom is -0.392 e. The summed E-state index contributed by atoms with van der Waals surface area (Å²) in [5.74, 6) is -0.0788. The Balaban J connectivity index is 3.72. The summed E-state index contributed by atoms with van der Waals surface area (Å²) in [5, 5.41) is 11.4. The Bertz CT molecular complexity index is 146. The van der Waals surface area contributed by atoms with Crippen LogP contribution in [-0.2, 0) is 4.79 Å². The van der Waals surface area contributed by atoms with Gasteiger partial charge in [-0.15, -0.1) is 0 Å². The van der Waals surface area contributed by atoms with Crippen LogP contribution < -0.4 is 11.1 Å². The number of hydrogen-bond acceptors (Lipinski definition) is 3. The van der Waals surface area contributed by atoms with Gasteiger partial charge in [-0.2, -0.15) is 0 Å². The van der Waals surface area contributed by atoms with E-state index < -0.39 is 12.1 Å². The predicted molar refractivity (Wildman–Crippen MR) is 47.5 cm³/mol. The van der Waals surface area contributed by atoms with Crippen LogP contribution in [0.15, 0.2) is 0 Å². The van der Waals surface area contributed by atoms with E-state index in [1.807, 2.05) is 13.8 Å². The number of aliphatic hydroxyl groups is 1. The van der Waals surface area contributed by atoms with E-state index >= 15 is 0 Å². The van der Waals surface area contributed by atoms with Crippen LogP contribution in [0.4, 0.5) is 0 Å². The topological polar surface area (TPSA) is 75.4 Å². The van der Waals surface area contributed by atoms with E-state index in [-0.39, 0.29) is 18.4 Å². The molecule has 0 aliphatic heterocycles. The highest BCUT2D eigenvalue weighted by Gasteiger charge is 2.16. The van der Waals surface area contributed by atoms with Crippen molar-refractivity contribution in [2.45, 2.75) is 32.9 Å². The van der Waals surface area contributed by atoms with Gasteiger partial charge in [0.05, 0.1) is 12.1 Å². The van der Waals surface area contributed by atoms with Crippen LogP contribution in [0, 0.1) is 5.92 Å². The molecule has 4 nitrogen and oxygen atoms in total. The van der Waals surface area contributed by atoms with Crippen molar-refractivity contribution in [3.8, 4) is 0 Å². The third kappa shape index (κ3) is 4.31. The molecule has 0 unspecified atom stereocenters. The van der Waals surface area contributed by atoms with Crippen molar-refractivity contribution in [3.05, 3.63) is 0 Å². The molecule has 0 aliphatic rings. The van der Waals surface area contributed by atoms with E-state index in [2.05, 4.69) is 5.32 Å². The van der Waals surface area contributed by atoms with Gasteiger partial charge in [0.2, 0.25) is 5.91 Å². The lowest BCUT2D eigenvalue weighted by molar-refractivity contribution is -0.123. The molecular formula is C8H18N2O2. The molecule has 12 heavy (non-hydrogen) atoms. The van der Waals surface area contributed by atoms with E-state index in [0.29, 0.717) is 0 Å². The third-order valence-corrected chi connectivity index (χ3v) is 1.59. The van der Waals surface area contributed by atoms with Gasteiger partial charge in [0.1, 0.15) is 0 Å². The Hall–Kier alpha value is -0.610. The van der Waals surface area contributed by atoms with E-state index in [4.69, 9.17) is 10.8 Å². The van der Waals surface area contributed by atoms with E-state index in [1.54, 1.807) is 6.92 Å². The van der Waals surface area contributed by atoms with Gasteiger partial charge < -0.3 is 16.2 Å². The molecule has 4 N–H and O–H groups in total. The van der Waals surface area contributed by atoms with Crippen LogP contribution in [-0.4, -0.2) is 29.7 Å². The Morgan fingerprint density at radius 2 is 2.00 bits per heavy atom. The number of hydrogen-bond donors (Lipinski definition) is 3. The fourth-order valence-corrected chi connectivity index (χ4v) is 0.669. The first-order valence-corrected chi connectivity index (χ1v) is 4.16. The molecule has 0 rings (SSSR count). The standard InChI is InChI=1S/C8H18N2O2/c1-5(2)7(9)8(12)10-4-6(3)11/h5-7,11H,4,9H2,1-3H3,(H,10,12)/t6-,7-/m1/s1. The van der Waals surface area contributed by atoms with Gasteiger partial charge in [-0.25, -0.2) is 0 Å². The Morgan fingerprint density at radius 1 is 1.50 bits per heavy atom. The first-order chi connectivity index (χ1) is 5.45. The molecule has 0 saturated heterocycles. The Morgan fingerprint density at radius 3 is 2.33 bits per heavy atom. The number of rotatable bonds is 4. The van der Waals surface area contributed by atoms with Crippen LogP contribution in [0.5, 0.6) is 0 Å². The fourth-order valence-electron chi connectivity index (χ4n) is 0.669. The third-order valence-electron chi connectivity index (χ3n) is 1.59. The number of carbonyl (C=O) groups is 1. The molecule has 2 atom stereocenters. The number of amides is 1. The molecular weight excluding hydrogens is 156 g/mol. The highest BCUT2D eigenvalue weighted by molar-refractivity contribution is 5.81. The first kappa shape index (κ1) is 11.4. The molecule has 0 aliphatic carbocycles. The molecule has 4 heteroatoms. The van der Waals surface area contributed by atoms with Crippen molar-refractivity contribution in [3.63, 3.8) is 0 Å². The van der Waals surface area contributed by atoms with E-state index in [9.17, 15) is 4.79 Å². The van der Waals surface area contributed by atoms with Crippen LogP contribution in [0.25, 0.3) is 0 Å². The maximum Gasteiger partial charge on any atom is 0.237 e. The van der Waals surface area contributed by atoms with Crippen molar-refractivity contribution >= 4 is 5.91 Å². The molecule has 0 fully saturated rings. The van der Waals surface area contributed by atoms with Gasteiger partial charge >= 0.3 is 0 Å². The van der Waals surface area contributed by atoms with Gasteiger partial charge in [0, 0.05) is 6.54 Å². The quantitative estimate of drug-likeness (QED) is 0.536. The lowest BCUT2D eigenvalue weighted by Gasteiger charge is -2.15. The van der Waals surface area contributed by atoms with Crippen LogP contribution >= 0.6 is 0 Å². The maximum absolute atomic E-state index is 11.1. The van der Waals surface area contributed by atoms with Crippen LogP contribution in [0.1, 0.15) is 20.8 Å². The molecule has 0 radical (unpaired) electrons. The average molecular weight is 174 g/mol. The maximum atomic E-state index is 11.1. The lowest BCUT2D eigenvalue weighted by Crippen LogP contribution is -2.45. The predicted octanol–water partition coefficient (Wildman–Crippen LogP) is -0.533. The molecule has 0 bridgehead atoms. The number of nitrogens with two attached hydrogens (primary N) is 1. The van der Waals surface area contributed by atoms with Gasteiger partial charge in [-0.3, -0.25) is 4.79 Å². The molecule has 0 aromatic carbocycles. The minimum absolute atomic E-state index is 0.124. The molecule has 1 amide bonds. The molecule has 72 valence electrons. The second-order valence-electron chi connectivity index (χ2n) is 3.36. The van der Waals surface area contributed by atoms with Gasteiger partial charge in [-0.05, 0) is 12.8 Å². The molecule has 0 saturated carbocycles. The fraction of sp³-hybridized carbons (Fsp3) is 0.875. The smallest absolute Gasteiger partial charge is 0.237 e. The summed E-state index contributed by atoms with van der Waals surface area (Å²) in [6.07, 6.45) is -0.520. The van der Waals surface area contributed by atoms with Crippen molar-refractivity contribution in [1.82, 2.24) is 5.32 Å². The monoisotopic (exact) mass is 174 g/mol. The van der Waals surface area contributed by atoms with Crippen molar-refractivity contribution in [2.24, 2.45) is 11.7 Å².